The average Bonchev–Trinajstić information content (AvgIpc) is 2.16. The molecule has 0 atom stereocenters. The van der Waals surface area contributed by atoms with Crippen LogP contribution < -0.4 is 10.2 Å². The Labute approximate surface area is 94.3 Å². The van der Waals surface area contributed by atoms with Crippen molar-refractivity contribution in [2.75, 3.05) is 16.8 Å². The zero-order chi connectivity index (χ0) is 11.9. The lowest BCUT2D eigenvalue weighted by Crippen LogP contribution is -2.50. The second kappa shape index (κ2) is 3.47. The van der Waals surface area contributed by atoms with Crippen molar-refractivity contribution in [3.05, 3.63) is 24.0 Å². The highest BCUT2D eigenvalue weighted by Crippen LogP contribution is 2.34. The fourth-order valence-electron chi connectivity index (χ4n) is 2.00. The first-order valence-electron chi connectivity index (χ1n) is 5.25. The van der Waals surface area contributed by atoms with E-state index in [4.69, 9.17) is 0 Å². The van der Waals surface area contributed by atoms with E-state index >= 15 is 0 Å². The van der Waals surface area contributed by atoms with Gasteiger partial charge in [-0.05, 0) is 32.0 Å². The molecule has 0 saturated carbocycles. The topological polar surface area (TPSA) is 32.3 Å². The summed E-state index contributed by atoms with van der Waals surface area (Å²) in [5, 5.41) is 3.29. The predicted octanol–water partition coefficient (Wildman–Crippen LogP) is 2.38. The molecule has 0 spiro atoms. The Balaban J connectivity index is 2.51. The number of carbonyl (C=O) groups excluding carboxylic acids is 1. The quantitative estimate of drug-likeness (QED) is 0.731. The zero-order valence-corrected chi connectivity index (χ0v) is 9.67. The number of rotatable bonds is 0. The molecule has 3 nitrogen and oxygen atoms in total. The monoisotopic (exact) mass is 222 g/mol. The summed E-state index contributed by atoms with van der Waals surface area (Å²) >= 11 is 0. The van der Waals surface area contributed by atoms with Crippen LogP contribution in [0.2, 0.25) is 0 Å². The van der Waals surface area contributed by atoms with Gasteiger partial charge in [-0.2, -0.15) is 0 Å². The Hall–Kier alpha value is -1.58. The SMILES string of the molecule is CC(=O)N1CC(C)(C)Nc2ccc(F)cc21. The van der Waals surface area contributed by atoms with Crippen molar-refractivity contribution >= 4 is 17.3 Å². The fraction of sp³-hybridized carbons (Fsp3) is 0.417. The Kier molecular flexibility index (Phi) is 2.37. The molecule has 1 N–H and O–H groups in total. The number of nitrogens with one attached hydrogen (secondary N) is 1. The van der Waals surface area contributed by atoms with Crippen LogP contribution in [0.5, 0.6) is 0 Å². The van der Waals surface area contributed by atoms with Gasteiger partial charge in [0, 0.05) is 19.0 Å². The maximum absolute atomic E-state index is 13.2. The van der Waals surface area contributed by atoms with Crippen LogP contribution in [-0.2, 0) is 4.79 Å². The molecule has 1 amide bonds. The average molecular weight is 222 g/mol. The number of amides is 1. The normalized spacial score (nSPS) is 17.6. The van der Waals surface area contributed by atoms with E-state index in [2.05, 4.69) is 5.32 Å². The van der Waals surface area contributed by atoms with E-state index in [0.29, 0.717) is 12.2 Å². The highest BCUT2D eigenvalue weighted by Gasteiger charge is 2.31. The van der Waals surface area contributed by atoms with Crippen LogP contribution in [0.4, 0.5) is 15.8 Å². The summed E-state index contributed by atoms with van der Waals surface area (Å²) in [5.74, 6) is -0.395. The van der Waals surface area contributed by atoms with Gasteiger partial charge in [-0.3, -0.25) is 4.79 Å². The third kappa shape index (κ3) is 1.87. The van der Waals surface area contributed by atoms with E-state index in [1.807, 2.05) is 13.8 Å². The van der Waals surface area contributed by atoms with Gasteiger partial charge in [0.2, 0.25) is 5.91 Å². The minimum absolute atomic E-state index is 0.0681. The number of carbonyl (C=O) groups is 1. The first kappa shape index (κ1) is 10.9. The number of halogens is 1. The molecule has 1 aromatic carbocycles. The minimum Gasteiger partial charge on any atom is -0.377 e. The molecule has 1 aliphatic rings. The molecule has 0 bridgehead atoms. The molecule has 0 fully saturated rings. The van der Waals surface area contributed by atoms with Crippen LogP contribution in [0, 0.1) is 5.82 Å². The molecule has 1 aliphatic heterocycles. The molecule has 16 heavy (non-hydrogen) atoms. The van der Waals surface area contributed by atoms with Crippen molar-refractivity contribution in [3.63, 3.8) is 0 Å². The van der Waals surface area contributed by atoms with E-state index in [9.17, 15) is 9.18 Å². The Morgan fingerprint density at radius 1 is 1.50 bits per heavy atom. The van der Waals surface area contributed by atoms with Crippen LogP contribution in [0.15, 0.2) is 18.2 Å². The Bertz CT molecular complexity index is 443. The molecule has 0 aliphatic carbocycles. The van der Waals surface area contributed by atoms with E-state index in [0.717, 1.165) is 5.69 Å². The van der Waals surface area contributed by atoms with Crippen LogP contribution in [0.3, 0.4) is 0 Å². The number of nitrogens with zero attached hydrogens (tertiary/aromatic N) is 1. The van der Waals surface area contributed by atoms with E-state index in [1.54, 1.807) is 11.0 Å². The highest BCUT2D eigenvalue weighted by atomic mass is 19.1. The van der Waals surface area contributed by atoms with Crippen molar-refractivity contribution in [2.45, 2.75) is 26.3 Å². The molecule has 1 aromatic rings. The van der Waals surface area contributed by atoms with Crippen molar-refractivity contribution < 1.29 is 9.18 Å². The van der Waals surface area contributed by atoms with Crippen LogP contribution in [-0.4, -0.2) is 18.0 Å². The minimum atomic E-state index is -0.327. The summed E-state index contributed by atoms with van der Waals surface area (Å²) in [6.07, 6.45) is 0. The van der Waals surface area contributed by atoms with E-state index in [-0.39, 0.29) is 17.3 Å². The molecule has 0 radical (unpaired) electrons. The summed E-state index contributed by atoms with van der Waals surface area (Å²) in [5.41, 5.74) is 1.22. The number of anilines is 2. The molecule has 4 heteroatoms. The maximum atomic E-state index is 13.2. The molecule has 1 heterocycles. The second-order valence-corrected chi connectivity index (χ2v) is 4.78. The summed E-state index contributed by atoms with van der Waals surface area (Å²) < 4.78 is 13.2. The summed E-state index contributed by atoms with van der Waals surface area (Å²) in [6, 6.07) is 4.45. The molecular formula is C12H15FN2O. The highest BCUT2D eigenvalue weighted by molar-refractivity contribution is 5.96. The zero-order valence-electron chi connectivity index (χ0n) is 9.67. The van der Waals surface area contributed by atoms with Gasteiger partial charge >= 0.3 is 0 Å². The number of hydrogen-bond donors (Lipinski definition) is 1. The smallest absolute Gasteiger partial charge is 0.224 e. The maximum Gasteiger partial charge on any atom is 0.224 e. The van der Waals surface area contributed by atoms with Crippen LogP contribution in [0.1, 0.15) is 20.8 Å². The molecule has 0 aromatic heterocycles. The molecule has 0 saturated heterocycles. The first-order valence-corrected chi connectivity index (χ1v) is 5.25. The van der Waals surface area contributed by atoms with Gasteiger partial charge < -0.3 is 10.2 Å². The van der Waals surface area contributed by atoms with Gasteiger partial charge in [0.05, 0.1) is 11.4 Å². The Morgan fingerprint density at radius 2 is 2.19 bits per heavy atom. The van der Waals surface area contributed by atoms with E-state index in [1.165, 1.54) is 19.1 Å². The lowest BCUT2D eigenvalue weighted by atomic mass is 9.99. The fourth-order valence-corrected chi connectivity index (χ4v) is 2.00. The number of benzene rings is 1. The molecule has 86 valence electrons. The van der Waals surface area contributed by atoms with Crippen molar-refractivity contribution in [2.24, 2.45) is 0 Å². The summed E-state index contributed by atoms with van der Waals surface area (Å²) in [7, 11) is 0. The lowest BCUT2D eigenvalue weighted by molar-refractivity contribution is -0.116. The molecular weight excluding hydrogens is 207 g/mol. The van der Waals surface area contributed by atoms with Crippen molar-refractivity contribution in [3.8, 4) is 0 Å². The van der Waals surface area contributed by atoms with Crippen LogP contribution in [0.25, 0.3) is 0 Å². The van der Waals surface area contributed by atoms with Gasteiger partial charge in [-0.15, -0.1) is 0 Å². The van der Waals surface area contributed by atoms with Gasteiger partial charge in [0.25, 0.3) is 0 Å². The molecule has 2 rings (SSSR count). The third-order valence-electron chi connectivity index (χ3n) is 2.66. The van der Waals surface area contributed by atoms with Gasteiger partial charge in [0.15, 0.2) is 0 Å². The Morgan fingerprint density at radius 3 is 2.81 bits per heavy atom. The van der Waals surface area contributed by atoms with Crippen LogP contribution >= 0.6 is 0 Å². The third-order valence-corrected chi connectivity index (χ3v) is 2.66. The van der Waals surface area contributed by atoms with Crippen molar-refractivity contribution in [1.82, 2.24) is 0 Å². The standard InChI is InChI=1S/C12H15FN2O/c1-8(16)15-7-12(2,3)14-10-5-4-9(13)6-11(10)15/h4-6,14H,7H2,1-3H3. The summed E-state index contributed by atoms with van der Waals surface area (Å²) in [4.78, 5) is 13.1. The molecule has 0 unspecified atom stereocenters. The van der Waals surface area contributed by atoms with Crippen molar-refractivity contribution in [1.29, 1.82) is 0 Å². The van der Waals surface area contributed by atoms with Gasteiger partial charge in [-0.25, -0.2) is 4.39 Å². The summed E-state index contributed by atoms with van der Waals surface area (Å²) in [6.45, 7) is 6.05. The van der Waals surface area contributed by atoms with Gasteiger partial charge in [-0.1, -0.05) is 0 Å². The first-order chi connectivity index (χ1) is 7.39. The largest absolute Gasteiger partial charge is 0.377 e. The lowest BCUT2D eigenvalue weighted by Gasteiger charge is -2.40. The second-order valence-electron chi connectivity index (χ2n) is 4.78. The van der Waals surface area contributed by atoms with E-state index < -0.39 is 0 Å². The number of hydrogen-bond acceptors (Lipinski definition) is 2. The number of fused-ring (bicyclic) bond motifs is 1. The predicted molar refractivity (Wildman–Crippen MR) is 62.1 cm³/mol. The van der Waals surface area contributed by atoms with Gasteiger partial charge in [0.1, 0.15) is 5.82 Å².